The minimum atomic E-state index is -1.04. The zero-order valence-electron chi connectivity index (χ0n) is 8.87. The number of pyridine rings is 1. The molecule has 2 heterocycles. The van der Waals surface area contributed by atoms with E-state index < -0.39 is 5.97 Å². The van der Waals surface area contributed by atoms with Crippen LogP contribution in [0.2, 0.25) is 0 Å². The van der Waals surface area contributed by atoms with E-state index in [1.807, 2.05) is 0 Å². The highest BCUT2D eigenvalue weighted by atomic mass is 16.4. The fraction of sp³-hybridized carbons (Fsp3) is 0.0833. The van der Waals surface area contributed by atoms with Gasteiger partial charge in [-0.25, -0.2) is 4.79 Å². The molecule has 0 amide bonds. The van der Waals surface area contributed by atoms with E-state index in [0.29, 0.717) is 11.3 Å². The predicted octanol–water partition coefficient (Wildman–Crippen LogP) is 1.28. The lowest BCUT2D eigenvalue weighted by atomic mass is 10.1. The summed E-state index contributed by atoms with van der Waals surface area (Å²) in [5.41, 5.74) is 1.15. The Balaban J connectivity index is 2.53. The van der Waals surface area contributed by atoms with E-state index in [1.165, 1.54) is 10.9 Å². The van der Waals surface area contributed by atoms with Gasteiger partial charge in [-0.15, -0.1) is 6.42 Å². The van der Waals surface area contributed by atoms with Gasteiger partial charge in [-0.1, -0.05) is 5.92 Å². The lowest BCUT2D eigenvalue weighted by molar-refractivity contribution is 0.0697. The van der Waals surface area contributed by atoms with Crippen molar-refractivity contribution >= 4 is 5.97 Å². The Bertz CT molecular complexity index is 582. The van der Waals surface area contributed by atoms with Gasteiger partial charge in [0.1, 0.15) is 17.8 Å². The molecule has 0 spiro atoms. The van der Waals surface area contributed by atoms with Gasteiger partial charge >= 0.3 is 5.97 Å². The standard InChI is InChI=1S/C12H9N3O2/c1-2-6-15-8-10(12(16)17)11(14-15)9-4-3-5-13-7-9/h1,3-5,7-8H,6H2,(H,16,17). The van der Waals surface area contributed by atoms with Crippen LogP contribution in [0, 0.1) is 12.3 Å². The minimum absolute atomic E-state index is 0.119. The van der Waals surface area contributed by atoms with Gasteiger partial charge in [0, 0.05) is 24.2 Å². The van der Waals surface area contributed by atoms with Crippen LogP contribution in [0.5, 0.6) is 0 Å². The van der Waals surface area contributed by atoms with Crippen LogP contribution in [0.25, 0.3) is 11.3 Å². The summed E-state index contributed by atoms with van der Waals surface area (Å²) in [5, 5.41) is 13.2. The molecule has 5 nitrogen and oxygen atoms in total. The summed E-state index contributed by atoms with van der Waals surface area (Å²) >= 11 is 0. The Morgan fingerprint density at radius 2 is 2.41 bits per heavy atom. The quantitative estimate of drug-likeness (QED) is 0.802. The molecule has 17 heavy (non-hydrogen) atoms. The molecule has 0 aromatic carbocycles. The SMILES string of the molecule is C#CCn1cc(C(=O)O)c(-c2cccnc2)n1. The lowest BCUT2D eigenvalue weighted by Crippen LogP contribution is -1.96. The van der Waals surface area contributed by atoms with Crippen molar-refractivity contribution < 1.29 is 9.90 Å². The molecular formula is C12H9N3O2. The fourth-order valence-electron chi connectivity index (χ4n) is 1.47. The smallest absolute Gasteiger partial charge is 0.339 e. The van der Waals surface area contributed by atoms with E-state index in [9.17, 15) is 4.79 Å². The summed E-state index contributed by atoms with van der Waals surface area (Å²) in [7, 11) is 0. The van der Waals surface area contributed by atoms with E-state index in [-0.39, 0.29) is 12.1 Å². The molecule has 0 bridgehead atoms. The van der Waals surface area contributed by atoms with E-state index in [1.54, 1.807) is 24.5 Å². The van der Waals surface area contributed by atoms with Gasteiger partial charge in [-0.05, 0) is 12.1 Å². The highest BCUT2D eigenvalue weighted by Crippen LogP contribution is 2.20. The van der Waals surface area contributed by atoms with Crippen LogP contribution in [0.1, 0.15) is 10.4 Å². The Labute approximate surface area is 97.7 Å². The van der Waals surface area contributed by atoms with Gasteiger partial charge in [0.05, 0.1) is 0 Å². The topological polar surface area (TPSA) is 68.0 Å². The molecule has 0 saturated heterocycles. The normalized spacial score (nSPS) is 9.82. The van der Waals surface area contributed by atoms with Crippen LogP contribution in [0.3, 0.4) is 0 Å². The van der Waals surface area contributed by atoms with E-state index in [0.717, 1.165) is 0 Å². The molecule has 0 aliphatic heterocycles. The fourth-order valence-corrected chi connectivity index (χ4v) is 1.47. The highest BCUT2D eigenvalue weighted by Gasteiger charge is 2.16. The van der Waals surface area contributed by atoms with Gasteiger partial charge in [0.15, 0.2) is 0 Å². The van der Waals surface area contributed by atoms with Crippen molar-refractivity contribution in [2.45, 2.75) is 6.54 Å². The molecule has 0 radical (unpaired) electrons. The second-order valence-electron chi connectivity index (χ2n) is 3.34. The number of hydrogen-bond acceptors (Lipinski definition) is 3. The van der Waals surface area contributed by atoms with Gasteiger partial charge in [-0.2, -0.15) is 5.10 Å². The third-order valence-corrected chi connectivity index (χ3v) is 2.18. The Kier molecular flexibility index (Phi) is 2.88. The summed E-state index contributed by atoms with van der Waals surface area (Å²) in [6.07, 6.45) is 9.76. The van der Waals surface area contributed by atoms with Crippen molar-refractivity contribution in [3.05, 3.63) is 36.3 Å². The number of carboxylic acid groups (broad SMARTS) is 1. The summed E-state index contributed by atoms with van der Waals surface area (Å²) in [6, 6.07) is 3.48. The highest BCUT2D eigenvalue weighted by molar-refractivity contribution is 5.94. The summed E-state index contributed by atoms with van der Waals surface area (Å²) < 4.78 is 1.42. The van der Waals surface area contributed by atoms with E-state index in [2.05, 4.69) is 16.0 Å². The Morgan fingerprint density at radius 3 is 3.00 bits per heavy atom. The second kappa shape index (κ2) is 4.49. The minimum Gasteiger partial charge on any atom is -0.478 e. The third kappa shape index (κ3) is 2.16. The molecule has 0 aliphatic carbocycles. The van der Waals surface area contributed by atoms with Crippen LogP contribution in [-0.4, -0.2) is 25.8 Å². The predicted molar refractivity (Wildman–Crippen MR) is 61.3 cm³/mol. The van der Waals surface area contributed by atoms with Gasteiger partial charge in [0.2, 0.25) is 0 Å². The number of rotatable bonds is 3. The third-order valence-electron chi connectivity index (χ3n) is 2.18. The number of nitrogens with zero attached hydrogens (tertiary/aromatic N) is 3. The van der Waals surface area contributed by atoms with Crippen molar-refractivity contribution in [3.63, 3.8) is 0 Å². The number of carboxylic acids is 1. The summed E-state index contributed by atoms with van der Waals surface area (Å²) in [4.78, 5) is 15.0. The number of aromatic carboxylic acids is 1. The molecule has 1 N–H and O–H groups in total. The van der Waals surface area contributed by atoms with Crippen LogP contribution in [-0.2, 0) is 6.54 Å². The molecule has 0 saturated carbocycles. The van der Waals surface area contributed by atoms with Crippen LogP contribution in [0.15, 0.2) is 30.7 Å². The van der Waals surface area contributed by atoms with Gasteiger partial charge in [0.25, 0.3) is 0 Å². The zero-order valence-corrected chi connectivity index (χ0v) is 8.87. The largest absolute Gasteiger partial charge is 0.478 e. The van der Waals surface area contributed by atoms with Crippen molar-refractivity contribution in [1.82, 2.24) is 14.8 Å². The maximum atomic E-state index is 11.1. The van der Waals surface area contributed by atoms with Gasteiger partial charge < -0.3 is 5.11 Å². The summed E-state index contributed by atoms with van der Waals surface area (Å²) in [6.45, 7) is 0.237. The summed E-state index contributed by atoms with van der Waals surface area (Å²) in [5.74, 6) is 1.37. The monoisotopic (exact) mass is 227 g/mol. The molecule has 0 unspecified atom stereocenters. The second-order valence-corrected chi connectivity index (χ2v) is 3.34. The van der Waals surface area contributed by atoms with Crippen LogP contribution >= 0.6 is 0 Å². The molecule has 0 atom stereocenters. The zero-order chi connectivity index (χ0) is 12.3. The Morgan fingerprint density at radius 1 is 1.59 bits per heavy atom. The Hall–Kier alpha value is -2.61. The number of terminal acetylenes is 1. The number of hydrogen-bond donors (Lipinski definition) is 1. The first-order chi connectivity index (χ1) is 8.22. The maximum absolute atomic E-state index is 11.1. The molecule has 0 aliphatic rings. The molecule has 0 fully saturated rings. The number of carbonyl (C=O) groups is 1. The average Bonchev–Trinajstić information content (AvgIpc) is 2.75. The molecule has 2 rings (SSSR count). The maximum Gasteiger partial charge on any atom is 0.339 e. The van der Waals surface area contributed by atoms with Crippen molar-refractivity contribution in [1.29, 1.82) is 0 Å². The van der Waals surface area contributed by atoms with Crippen molar-refractivity contribution in [2.24, 2.45) is 0 Å². The van der Waals surface area contributed by atoms with Crippen LogP contribution in [0.4, 0.5) is 0 Å². The molecule has 2 aromatic heterocycles. The first-order valence-electron chi connectivity index (χ1n) is 4.87. The van der Waals surface area contributed by atoms with E-state index in [4.69, 9.17) is 11.5 Å². The van der Waals surface area contributed by atoms with Crippen LogP contribution < -0.4 is 0 Å². The van der Waals surface area contributed by atoms with E-state index >= 15 is 0 Å². The number of aromatic nitrogens is 3. The average molecular weight is 227 g/mol. The van der Waals surface area contributed by atoms with Gasteiger partial charge in [-0.3, -0.25) is 9.67 Å². The molecule has 5 heteroatoms. The molecule has 2 aromatic rings. The first-order valence-corrected chi connectivity index (χ1v) is 4.87. The molecule has 84 valence electrons. The molecular weight excluding hydrogens is 218 g/mol. The van der Waals surface area contributed by atoms with Crippen molar-refractivity contribution in [3.8, 4) is 23.6 Å². The lowest BCUT2D eigenvalue weighted by Gasteiger charge is -1.96. The van der Waals surface area contributed by atoms with Crippen molar-refractivity contribution in [2.75, 3.05) is 0 Å². The first kappa shape index (κ1) is 10.9.